The van der Waals surface area contributed by atoms with E-state index in [0.29, 0.717) is 5.16 Å². The van der Waals surface area contributed by atoms with Gasteiger partial charge in [-0.25, -0.2) is 0 Å². The average Bonchev–Trinajstić information content (AvgIpc) is 3.34. The number of hydrazine groups is 1. The zero-order chi connectivity index (χ0) is 21.0. The number of aromatic nitrogens is 3. The Kier molecular flexibility index (Phi) is 6.07. The monoisotopic (exact) mass is 413 g/mol. The Morgan fingerprint density at radius 3 is 2.45 bits per heavy atom. The molecule has 3 rings (SSSR count). The average molecular weight is 414 g/mol. The van der Waals surface area contributed by atoms with Crippen molar-refractivity contribution in [2.45, 2.75) is 31.3 Å². The zero-order valence-corrected chi connectivity index (χ0v) is 17.5. The van der Waals surface area contributed by atoms with Crippen LogP contribution in [0.15, 0.2) is 52.2 Å². The fraction of sp³-hybridized carbons (Fsp3) is 0.300. The van der Waals surface area contributed by atoms with E-state index in [1.54, 1.807) is 6.07 Å². The van der Waals surface area contributed by atoms with Gasteiger partial charge in [0.2, 0.25) is 5.91 Å². The van der Waals surface area contributed by atoms with Crippen LogP contribution in [0, 0.1) is 0 Å². The molecule has 0 fully saturated rings. The van der Waals surface area contributed by atoms with E-state index in [1.807, 2.05) is 23.7 Å². The van der Waals surface area contributed by atoms with Gasteiger partial charge in [0, 0.05) is 12.6 Å². The van der Waals surface area contributed by atoms with Crippen LogP contribution >= 0.6 is 11.8 Å². The molecule has 0 bridgehead atoms. The minimum atomic E-state index is -0.520. The van der Waals surface area contributed by atoms with Crippen molar-refractivity contribution >= 4 is 23.6 Å². The summed E-state index contributed by atoms with van der Waals surface area (Å²) < 4.78 is 6.79. The van der Waals surface area contributed by atoms with Crippen molar-refractivity contribution in [2.24, 2.45) is 7.05 Å². The lowest BCUT2D eigenvalue weighted by atomic mass is 9.87. The van der Waals surface area contributed by atoms with Gasteiger partial charge in [-0.05, 0) is 23.1 Å². The van der Waals surface area contributed by atoms with Crippen molar-refractivity contribution in [2.75, 3.05) is 5.75 Å². The Morgan fingerprint density at radius 2 is 1.83 bits per heavy atom. The largest absolute Gasteiger partial charge is 0.459 e. The minimum absolute atomic E-state index is 0.0768. The topological polar surface area (TPSA) is 102 Å². The molecule has 0 unspecified atom stereocenters. The second-order valence-electron chi connectivity index (χ2n) is 7.46. The lowest BCUT2D eigenvalue weighted by Crippen LogP contribution is -2.42. The van der Waals surface area contributed by atoms with Crippen molar-refractivity contribution in [3.05, 3.63) is 54.0 Å². The molecule has 0 aliphatic carbocycles. The summed E-state index contributed by atoms with van der Waals surface area (Å²) >= 11 is 1.23. The number of hydrogen-bond donors (Lipinski definition) is 2. The summed E-state index contributed by atoms with van der Waals surface area (Å²) in [4.78, 5) is 23.7. The third-order valence-corrected chi connectivity index (χ3v) is 5.26. The molecule has 2 aromatic heterocycles. The minimum Gasteiger partial charge on any atom is -0.459 e. The van der Waals surface area contributed by atoms with Crippen molar-refractivity contribution in [3.63, 3.8) is 0 Å². The van der Waals surface area contributed by atoms with Gasteiger partial charge in [-0.1, -0.05) is 56.8 Å². The number of carbonyl (C=O) groups excluding carboxylic acids is 2. The van der Waals surface area contributed by atoms with E-state index in [0.717, 1.165) is 11.4 Å². The van der Waals surface area contributed by atoms with Crippen LogP contribution in [0.4, 0.5) is 0 Å². The molecule has 0 aliphatic rings. The molecule has 29 heavy (non-hydrogen) atoms. The van der Waals surface area contributed by atoms with Gasteiger partial charge in [-0.15, -0.1) is 10.2 Å². The number of nitrogens with one attached hydrogen (secondary N) is 2. The molecular weight excluding hydrogens is 390 g/mol. The quantitative estimate of drug-likeness (QED) is 0.493. The molecule has 0 saturated carbocycles. The van der Waals surface area contributed by atoms with Gasteiger partial charge in [0.25, 0.3) is 0 Å². The van der Waals surface area contributed by atoms with Crippen LogP contribution in [0.1, 0.15) is 36.9 Å². The van der Waals surface area contributed by atoms with Gasteiger partial charge < -0.3 is 8.98 Å². The highest BCUT2D eigenvalue weighted by Gasteiger charge is 2.16. The molecule has 0 atom stereocenters. The summed E-state index contributed by atoms with van der Waals surface area (Å²) in [6.07, 6.45) is 1.38. The van der Waals surface area contributed by atoms with E-state index in [1.165, 1.54) is 29.7 Å². The Labute approximate surface area is 173 Å². The maximum absolute atomic E-state index is 12.0. The Balaban J connectivity index is 1.57. The molecule has 152 valence electrons. The fourth-order valence-electron chi connectivity index (χ4n) is 2.57. The summed E-state index contributed by atoms with van der Waals surface area (Å²) in [6.45, 7) is 6.50. The number of nitrogens with zero attached hydrogens (tertiary/aromatic N) is 3. The lowest BCUT2D eigenvalue weighted by molar-refractivity contribution is -0.119. The van der Waals surface area contributed by atoms with Crippen LogP contribution < -0.4 is 10.9 Å². The number of benzene rings is 1. The number of rotatable bonds is 5. The second kappa shape index (κ2) is 8.52. The van der Waals surface area contributed by atoms with Gasteiger partial charge in [0.15, 0.2) is 16.7 Å². The Hall–Kier alpha value is -3.07. The molecule has 2 heterocycles. The van der Waals surface area contributed by atoms with Crippen molar-refractivity contribution in [1.29, 1.82) is 0 Å². The van der Waals surface area contributed by atoms with Gasteiger partial charge >= 0.3 is 5.91 Å². The van der Waals surface area contributed by atoms with Gasteiger partial charge in [0.1, 0.15) is 0 Å². The maximum atomic E-state index is 12.0. The van der Waals surface area contributed by atoms with Crippen LogP contribution in [-0.2, 0) is 17.3 Å². The SMILES string of the molecule is Cn1c(SCC(=O)NNC(=O)c2ccco2)nnc1-c1ccc(C(C)(C)C)cc1. The fourth-order valence-corrected chi connectivity index (χ4v) is 3.28. The Bertz CT molecular complexity index is 988. The normalized spacial score (nSPS) is 11.3. The molecule has 0 saturated heterocycles. The number of carbonyl (C=O) groups is 2. The van der Waals surface area contributed by atoms with E-state index >= 15 is 0 Å². The van der Waals surface area contributed by atoms with E-state index < -0.39 is 5.91 Å². The summed E-state index contributed by atoms with van der Waals surface area (Å²) in [6, 6.07) is 11.3. The number of thioether (sulfide) groups is 1. The molecule has 2 amide bonds. The summed E-state index contributed by atoms with van der Waals surface area (Å²) in [5.41, 5.74) is 6.92. The van der Waals surface area contributed by atoms with Crippen LogP contribution in [0.5, 0.6) is 0 Å². The third kappa shape index (κ3) is 5.05. The predicted molar refractivity (Wildman–Crippen MR) is 110 cm³/mol. The molecule has 0 radical (unpaired) electrons. The molecule has 0 aliphatic heterocycles. The van der Waals surface area contributed by atoms with Gasteiger partial charge in [-0.3, -0.25) is 20.4 Å². The molecule has 3 aromatic rings. The lowest BCUT2D eigenvalue weighted by Gasteiger charge is -2.19. The van der Waals surface area contributed by atoms with Crippen LogP contribution in [0.3, 0.4) is 0 Å². The maximum Gasteiger partial charge on any atom is 0.305 e. The summed E-state index contributed by atoms with van der Waals surface area (Å²) in [5.74, 6) is 0.0303. The summed E-state index contributed by atoms with van der Waals surface area (Å²) in [5, 5.41) is 9.01. The molecular formula is C20H23N5O3S. The van der Waals surface area contributed by atoms with Crippen molar-refractivity contribution < 1.29 is 14.0 Å². The van der Waals surface area contributed by atoms with E-state index in [-0.39, 0.29) is 22.8 Å². The first-order chi connectivity index (χ1) is 13.8. The van der Waals surface area contributed by atoms with Crippen LogP contribution in [-0.4, -0.2) is 32.3 Å². The van der Waals surface area contributed by atoms with Gasteiger partial charge in [0.05, 0.1) is 12.0 Å². The number of amides is 2. The molecule has 9 heteroatoms. The van der Waals surface area contributed by atoms with E-state index in [4.69, 9.17) is 4.42 Å². The van der Waals surface area contributed by atoms with Crippen molar-refractivity contribution in [3.8, 4) is 11.4 Å². The highest BCUT2D eigenvalue weighted by atomic mass is 32.2. The van der Waals surface area contributed by atoms with Crippen molar-refractivity contribution in [1.82, 2.24) is 25.6 Å². The van der Waals surface area contributed by atoms with E-state index in [2.05, 4.69) is 54.0 Å². The first-order valence-electron chi connectivity index (χ1n) is 9.01. The second-order valence-corrected chi connectivity index (χ2v) is 8.40. The smallest absolute Gasteiger partial charge is 0.305 e. The number of furan rings is 1. The molecule has 2 N–H and O–H groups in total. The first-order valence-corrected chi connectivity index (χ1v) is 10.00. The van der Waals surface area contributed by atoms with Crippen LogP contribution in [0.25, 0.3) is 11.4 Å². The first kappa shape index (κ1) is 20.7. The molecule has 1 aromatic carbocycles. The third-order valence-electron chi connectivity index (χ3n) is 4.24. The van der Waals surface area contributed by atoms with Crippen LogP contribution in [0.2, 0.25) is 0 Å². The highest BCUT2D eigenvalue weighted by Crippen LogP contribution is 2.26. The highest BCUT2D eigenvalue weighted by molar-refractivity contribution is 7.99. The zero-order valence-electron chi connectivity index (χ0n) is 16.7. The predicted octanol–water partition coefficient (Wildman–Crippen LogP) is 2.93. The number of hydrogen-bond acceptors (Lipinski definition) is 6. The summed E-state index contributed by atoms with van der Waals surface area (Å²) in [7, 11) is 1.85. The van der Waals surface area contributed by atoms with Gasteiger partial charge in [-0.2, -0.15) is 0 Å². The molecule has 0 spiro atoms. The molecule has 8 nitrogen and oxygen atoms in total. The standard InChI is InChI=1S/C20H23N5O3S/c1-20(2,3)14-9-7-13(8-10-14)17-22-24-19(25(17)4)29-12-16(26)21-23-18(27)15-6-5-11-28-15/h5-11H,12H2,1-4H3,(H,21,26)(H,23,27). The Morgan fingerprint density at radius 1 is 1.10 bits per heavy atom. The van der Waals surface area contributed by atoms with E-state index in [9.17, 15) is 9.59 Å².